The molecule has 2 heterocycles. The lowest BCUT2D eigenvalue weighted by molar-refractivity contribution is -0.883. The number of hydrogen-bond acceptors (Lipinski definition) is 5. The molecule has 0 aromatic heterocycles. The van der Waals surface area contributed by atoms with Crippen LogP contribution < -0.4 is 4.90 Å². The summed E-state index contributed by atoms with van der Waals surface area (Å²) >= 11 is 0. The third-order valence-electron chi connectivity index (χ3n) is 5.34. The first-order valence-corrected chi connectivity index (χ1v) is 10.6. The first kappa shape index (κ1) is 19.7. The second kappa shape index (κ2) is 7.91. The van der Waals surface area contributed by atoms with Gasteiger partial charge in [-0.15, -0.1) is 0 Å². The number of hydrogen-bond donors (Lipinski definition) is 1. The fourth-order valence-electron chi connectivity index (χ4n) is 3.69. The molecule has 2 aliphatic rings. The first-order valence-electron chi connectivity index (χ1n) is 9.14. The van der Waals surface area contributed by atoms with Gasteiger partial charge in [-0.1, -0.05) is 12.1 Å². The van der Waals surface area contributed by atoms with Crippen molar-refractivity contribution in [1.82, 2.24) is 9.21 Å². The third kappa shape index (κ3) is 4.12. The lowest BCUT2D eigenvalue weighted by Gasteiger charge is -2.36. The number of amides is 1. The van der Waals surface area contributed by atoms with Gasteiger partial charge in [0.05, 0.1) is 44.1 Å². The van der Waals surface area contributed by atoms with E-state index in [1.807, 2.05) is 4.90 Å². The summed E-state index contributed by atoms with van der Waals surface area (Å²) in [6, 6.07) is 5.35. The average Bonchev–Trinajstić information content (AvgIpc) is 2.68. The molecule has 0 aliphatic carbocycles. The molecule has 1 aromatic carbocycles. The number of piperidine rings is 1. The minimum Gasteiger partial charge on any atom is -0.334 e. The van der Waals surface area contributed by atoms with E-state index in [-0.39, 0.29) is 23.9 Å². The van der Waals surface area contributed by atoms with E-state index in [0.717, 1.165) is 13.1 Å². The van der Waals surface area contributed by atoms with Crippen LogP contribution in [0.5, 0.6) is 0 Å². The van der Waals surface area contributed by atoms with Gasteiger partial charge in [-0.2, -0.15) is 4.31 Å². The van der Waals surface area contributed by atoms with Gasteiger partial charge in [0.1, 0.15) is 0 Å². The molecule has 2 aliphatic heterocycles. The van der Waals surface area contributed by atoms with E-state index in [9.17, 15) is 23.3 Å². The van der Waals surface area contributed by atoms with Crippen LogP contribution in [0, 0.1) is 16.0 Å². The molecule has 27 heavy (non-hydrogen) atoms. The predicted octanol–water partition coefficient (Wildman–Crippen LogP) is -0.648. The molecule has 10 heteroatoms. The van der Waals surface area contributed by atoms with Gasteiger partial charge in [0, 0.05) is 19.2 Å². The van der Waals surface area contributed by atoms with Crippen LogP contribution in [-0.4, -0.2) is 74.8 Å². The summed E-state index contributed by atoms with van der Waals surface area (Å²) < 4.78 is 27.2. The maximum absolute atomic E-state index is 13.0. The highest BCUT2D eigenvalue weighted by atomic mass is 32.2. The Morgan fingerprint density at radius 2 is 1.89 bits per heavy atom. The molecule has 1 amide bonds. The zero-order valence-electron chi connectivity index (χ0n) is 15.3. The Hall–Kier alpha value is -2.04. The van der Waals surface area contributed by atoms with Crippen LogP contribution in [0.25, 0.3) is 0 Å². The Kier molecular flexibility index (Phi) is 5.78. The molecule has 0 bridgehead atoms. The SMILES string of the molecule is C[NH+]1CCN(C(=O)[C@H]2CCCN(S(=O)(=O)c3ccccc3[N+](=O)[O-])C2)CC1. The van der Waals surface area contributed by atoms with Crippen LogP contribution in [0.3, 0.4) is 0 Å². The molecule has 1 aromatic rings. The molecular weight excluding hydrogens is 372 g/mol. The summed E-state index contributed by atoms with van der Waals surface area (Å²) in [5, 5.41) is 11.2. The predicted molar refractivity (Wildman–Crippen MR) is 97.8 cm³/mol. The third-order valence-corrected chi connectivity index (χ3v) is 7.25. The molecule has 1 N–H and O–H groups in total. The van der Waals surface area contributed by atoms with Crippen LogP contribution >= 0.6 is 0 Å². The smallest absolute Gasteiger partial charge is 0.289 e. The molecule has 0 saturated carbocycles. The highest BCUT2D eigenvalue weighted by molar-refractivity contribution is 7.89. The van der Waals surface area contributed by atoms with Crippen LogP contribution in [0.1, 0.15) is 12.8 Å². The van der Waals surface area contributed by atoms with Crippen molar-refractivity contribution in [2.75, 3.05) is 46.3 Å². The van der Waals surface area contributed by atoms with E-state index in [1.165, 1.54) is 33.5 Å². The van der Waals surface area contributed by atoms with Gasteiger partial charge in [0.25, 0.3) is 5.69 Å². The summed E-state index contributed by atoms with van der Waals surface area (Å²) in [4.78, 5) is 26.2. The van der Waals surface area contributed by atoms with Crippen LogP contribution in [0.4, 0.5) is 5.69 Å². The number of quaternary nitrogens is 1. The van der Waals surface area contributed by atoms with Gasteiger partial charge in [0.15, 0.2) is 4.90 Å². The Morgan fingerprint density at radius 1 is 1.22 bits per heavy atom. The number of nitro benzene ring substituents is 1. The van der Waals surface area contributed by atoms with Crippen molar-refractivity contribution >= 4 is 21.6 Å². The van der Waals surface area contributed by atoms with Gasteiger partial charge in [-0.3, -0.25) is 14.9 Å². The van der Waals surface area contributed by atoms with Crippen molar-refractivity contribution in [3.63, 3.8) is 0 Å². The topological polar surface area (TPSA) is 105 Å². The van der Waals surface area contributed by atoms with Crippen molar-refractivity contribution in [3.05, 3.63) is 34.4 Å². The maximum Gasteiger partial charge on any atom is 0.289 e. The number of para-hydroxylation sites is 1. The molecule has 1 atom stereocenters. The lowest BCUT2D eigenvalue weighted by atomic mass is 9.98. The summed E-state index contributed by atoms with van der Waals surface area (Å²) in [7, 11) is -1.94. The molecule has 0 unspecified atom stereocenters. The van der Waals surface area contributed by atoms with Crippen molar-refractivity contribution in [2.24, 2.45) is 5.92 Å². The lowest BCUT2D eigenvalue weighted by Crippen LogP contribution is -3.12. The maximum atomic E-state index is 13.0. The zero-order valence-corrected chi connectivity index (χ0v) is 16.2. The van der Waals surface area contributed by atoms with Crippen molar-refractivity contribution in [2.45, 2.75) is 17.7 Å². The van der Waals surface area contributed by atoms with E-state index in [4.69, 9.17) is 0 Å². The van der Waals surface area contributed by atoms with Gasteiger partial charge < -0.3 is 9.80 Å². The van der Waals surface area contributed by atoms with E-state index >= 15 is 0 Å². The Morgan fingerprint density at radius 3 is 2.56 bits per heavy atom. The second-order valence-electron chi connectivity index (χ2n) is 7.21. The number of nitrogens with zero attached hydrogens (tertiary/aromatic N) is 3. The van der Waals surface area contributed by atoms with Crippen molar-refractivity contribution in [1.29, 1.82) is 0 Å². The van der Waals surface area contributed by atoms with Crippen molar-refractivity contribution in [3.8, 4) is 0 Å². The largest absolute Gasteiger partial charge is 0.334 e. The van der Waals surface area contributed by atoms with Gasteiger partial charge >= 0.3 is 0 Å². The summed E-state index contributed by atoms with van der Waals surface area (Å²) in [6.45, 7) is 3.47. The highest BCUT2D eigenvalue weighted by Gasteiger charge is 2.38. The number of nitrogens with one attached hydrogen (secondary N) is 1. The molecule has 3 rings (SSSR count). The van der Waals surface area contributed by atoms with Crippen LogP contribution in [-0.2, 0) is 14.8 Å². The average molecular weight is 397 g/mol. The Bertz CT molecular complexity index is 820. The van der Waals surface area contributed by atoms with E-state index in [1.54, 1.807) is 0 Å². The fourth-order valence-corrected chi connectivity index (χ4v) is 5.38. The van der Waals surface area contributed by atoms with Gasteiger partial charge in [-0.25, -0.2) is 8.42 Å². The summed E-state index contributed by atoms with van der Waals surface area (Å²) in [6.07, 6.45) is 1.20. The number of carbonyl (C=O) groups excluding carboxylic acids is 1. The minimum absolute atomic E-state index is 0.00930. The number of carbonyl (C=O) groups is 1. The normalized spacial score (nSPS) is 22.6. The number of rotatable bonds is 4. The van der Waals surface area contributed by atoms with E-state index in [0.29, 0.717) is 25.9 Å². The van der Waals surface area contributed by atoms with Crippen LogP contribution in [0.2, 0.25) is 0 Å². The molecule has 0 spiro atoms. The Balaban J connectivity index is 1.78. The number of likely N-dealkylation sites (N-methyl/N-ethyl adjacent to an activating group) is 1. The fraction of sp³-hybridized carbons (Fsp3) is 0.588. The molecule has 148 valence electrons. The van der Waals surface area contributed by atoms with Crippen LogP contribution in [0.15, 0.2) is 29.2 Å². The van der Waals surface area contributed by atoms with E-state index in [2.05, 4.69) is 7.05 Å². The number of benzene rings is 1. The Labute approximate surface area is 158 Å². The molecule has 2 saturated heterocycles. The minimum atomic E-state index is -4.03. The molecular formula is C17H25N4O5S+. The molecule has 0 radical (unpaired) electrons. The number of nitro groups is 1. The molecule has 2 fully saturated rings. The quantitative estimate of drug-likeness (QED) is 0.537. The highest BCUT2D eigenvalue weighted by Crippen LogP contribution is 2.30. The van der Waals surface area contributed by atoms with Gasteiger partial charge in [0.2, 0.25) is 15.9 Å². The summed E-state index contributed by atoms with van der Waals surface area (Å²) in [5.74, 6) is -0.403. The standard InChI is InChI=1S/C17H24N4O5S/c1-18-9-11-19(12-10-18)17(22)14-5-4-8-20(13-14)27(25,26)16-7-3-2-6-15(16)21(23)24/h2-3,6-7,14H,4-5,8-13H2,1H3/p+1/t14-/m0/s1. The monoisotopic (exact) mass is 397 g/mol. The van der Waals surface area contributed by atoms with Gasteiger partial charge in [-0.05, 0) is 18.9 Å². The number of piperazine rings is 1. The van der Waals surface area contributed by atoms with Crippen molar-refractivity contribution < 1.29 is 23.0 Å². The molecule has 9 nitrogen and oxygen atoms in total. The first-order chi connectivity index (χ1) is 12.8. The van der Waals surface area contributed by atoms with E-state index < -0.39 is 26.6 Å². The number of sulfonamides is 1. The summed E-state index contributed by atoms with van der Waals surface area (Å²) in [5.41, 5.74) is -0.437. The second-order valence-corrected chi connectivity index (χ2v) is 9.12. The zero-order chi connectivity index (χ0) is 19.6.